The Morgan fingerprint density at radius 1 is 1.35 bits per heavy atom. The van der Waals surface area contributed by atoms with Crippen molar-refractivity contribution in [2.45, 2.75) is 57.5 Å². The van der Waals surface area contributed by atoms with Crippen molar-refractivity contribution in [1.82, 2.24) is 4.90 Å². The predicted octanol–water partition coefficient (Wildman–Crippen LogP) is 3.76. The monoisotopic (exact) mass is 338 g/mol. The normalized spacial score (nSPS) is 22.9. The molecule has 0 heterocycles. The number of aryl methyl sites for hydroxylation is 1. The molecule has 1 aliphatic rings. The Bertz CT molecular complexity index is 484. The Kier molecular flexibility index (Phi) is 4.63. The van der Waals surface area contributed by atoms with Crippen molar-refractivity contribution in [1.29, 1.82) is 0 Å². The molecule has 1 aliphatic carbocycles. The molecule has 0 fully saturated rings. The molecule has 112 valence electrons. The van der Waals surface area contributed by atoms with Gasteiger partial charge in [-0.05, 0) is 69.8 Å². The van der Waals surface area contributed by atoms with Gasteiger partial charge in [-0.2, -0.15) is 0 Å². The average molecular weight is 339 g/mol. The zero-order valence-electron chi connectivity index (χ0n) is 13.2. The van der Waals surface area contributed by atoms with Gasteiger partial charge in [0, 0.05) is 22.1 Å². The molecule has 2 nitrogen and oxygen atoms in total. The summed E-state index contributed by atoms with van der Waals surface area (Å²) in [7, 11) is 2.25. The van der Waals surface area contributed by atoms with Crippen molar-refractivity contribution in [3.05, 3.63) is 33.8 Å². The fraction of sp³-hybridized carbons (Fsp3) is 0.647. The Morgan fingerprint density at radius 3 is 2.65 bits per heavy atom. The first-order valence-corrected chi connectivity index (χ1v) is 8.35. The molecular formula is C17H27BrN2. The lowest BCUT2D eigenvalue weighted by Crippen LogP contribution is -2.62. The van der Waals surface area contributed by atoms with E-state index in [9.17, 15) is 0 Å². The molecule has 20 heavy (non-hydrogen) atoms. The van der Waals surface area contributed by atoms with E-state index in [1.54, 1.807) is 0 Å². The molecule has 2 N–H and O–H groups in total. The minimum atomic E-state index is 0.0976. The minimum absolute atomic E-state index is 0.0976. The Morgan fingerprint density at radius 2 is 2.05 bits per heavy atom. The molecule has 1 unspecified atom stereocenters. The van der Waals surface area contributed by atoms with Crippen molar-refractivity contribution in [2.75, 3.05) is 13.6 Å². The van der Waals surface area contributed by atoms with Gasteiger partial charge < -0.3 is 5.73 Å². The summed E-state index contributed by atoms with van der Waals surface area (Å²) in [5, 5.41) is 0. The highest BCUT2D eigenvalue weighted by atomic mass is 79.9. The molecule has 0 aliphatic heterocycles. The van der Waals surface area contributed by atoms with Gasteiger partial charge >= 0.3 is 0 Å². The van der Waals surface area contributed by atoms with E-state index >= 15 is 0 Å². The number of likely N-dealkylation sites (N-methyl/N-ethyl adjacent to an activating group) is 1. The van der Waals surface area contributed by atoms with Gasteiger partial charge in [0.2, 0.25) is 0 Å². The molecule has 1 aromatic rings. The molecule has 0 radical (unpaired) electrons. The summed E-state index contributed by atoms with van der Waals surface area (Å²) >= 11 is 3.57. The fourth-order valence-electron chi connectivity index (χ4n) is 3.29. The lowest BCUT2D eigenvalue weighted by Gasteiger charge is -2.51. The van der Waals surface area contributed by atoms with Crippen LogP contribution in [-0.4, -0.2) is 29.6 Å². The SMILES string of the molecule is CCC(C)(C)N(C)C1(CN)CCc2cc(Br)ccc2C1. The van der Waals surface area contributed by atoms with Crippen molar-refractivity contribution in [3.63, 3.8) is 0 Å². The molecule has 0 saturated heterocycles. The summed E-state index contributed by atoms with van der Waals surface area (Å²) < 4.78 is 1.18. The number of hydrogen-bond donors (Lipinski definition) is 1. The summed E-state index contributed by atoms with van der Waals surface area (Å²) in [4.78, 5) is 2.53. The summed E-state index contributed by atoms with van der Waals surface area (Å²) in [5.74, 6) is 0. The number of hydrogen-bond acceptors (Lipinski definition) is 2. The largest absolute Gasteiger partial charge is 0.329 e. The number of fused-ring (bicyclic) bond motifs is 1. The van der Waals surface area contributed by atoms with Gasteiger partial charge in [0.05, 0.1) is 0 Å². The first-order chi connectivity index (χ1) is 9.34. The van der Waals surface area contributed by atoms with Gasteiger partial charge in [0.1, 0.15) is 0 Å². The highest BCUT2D eigenvalue weighted by Crippen LogP contribution is 2.37. The first-order valence-electron chi connectivity index (χ1n) is 7.56. The van der Waals surface area contributed by atoms with E-state index in [0.29, 0.717) is 0 Å². The van der Waals surface area contributed by atoms with Crippen LogP contribution < -0.4 is 5.73 Å². The van der Waals surface area contributed by atoms with Gasteiger partial charge in [-0.3, -0.25) is 4.90 Å². The van der Waals surface area contributed by atoms with Crippen LogP contribution in [-0.2, 0) is 12.8 Å². The second-order valence-corrected chi connectivity index (χ2v) is 7.66. The van der Waals surface area contributed by atoms with E-state index in [0.717, 1.165) is 32.2 Å². The van der Waals surface area contributed by atoms with Crippen LogP contribution in [0.5, 0.6) is 0 Å². The summed E-state index contributed by atoms with van der Waals surface area (Å²) in [6.45, 7) is 7.63. The van der Waals surface area contributed by atoms with Crippen molar-refractivity contribution in [2.24, 2.45) is 5.73 Å². The van der Waals surface area contributed by atoms with Crippen LogP contribution in [0.3, 0.4) is 0 Å². The van der Waals surface area contributed by atoms with Crippen LogP contribution in [0.25, 0.3) is 0 Å². The number of benzene rings is 1. The van der Waals surface area contributed by atoms with E-state index in [2.05, 4.69) is 66.8 Å². The molecule has 3 heteroatoms. The summed E-state index contributed by atoms with van der Waals surface area (Å²) in [5.41, 5.74) is 9.45. The van der Waals surface area contributed by atoms with Gasteiger partial charge in [0.15, 0.2) is 0 Å². The standard InChI is InChI=1S/C17H27BrN2/c1-5-16(2,3)20(4)17(12-19)9-8-13-10-15(18)7-6-14(13)11-17/h6-7,10H,5,8-9,11-12,19H2,1-4H3. The van der Waals surface area contributed by atoms with E-state index in [-0.39, 0.29) is 11.1 Å². The van der Waals surface area contributed by atoms with E-state index in [1.807, 2.05) is 0 Å². The molecular weight excluding hydrogens is 312 g/mol. The molecule has 1 atom stereocenters. The van der Waals surface area contributed by atoms with E-state index in [1.165, 1.54) is 15.6 Å². The Balaban J connectivity index is 2.33. The Labute approximate surface area is 131 Å². The first kappa shape index (κ1) is 16.0. The maximum Gasteiger partial charge on any atom is 0.0377 e. The van der Waals surface area contributed by atoms with Gasteiger partial charge in [-0.1, -0.05) is 28.9 Å². The number of nitrogens with two attached hydrogens (primary N) is 1. The molecule has 1 aromatic carbocycles. The second kappa shape index (κ2) is 5.78. The summed E-state index contributed by atoms with van der Waals surface area (Å²) in [6.07, 6.45) is 4.47. The Hall–Kier alpha value is -0.380. The zero-order chi connectivity index (χ0) is 15.0. The summed E-state index contributed by atoms with van der Waals surface area (Å²) in [6, 6.07) is 6.67. The van der Waals surface area contributed by atoms with Gasteiger partial charge in [-0.15, -0.1) is 0 Å². The van der Waals surface area contributed by atoms with Crippen LogP contribution >= 0.6 is 15.9 Å². The van der Waals surface area contributed by atoms with Crippen LogP contribution in [0, 0.1) is 0 Å². The van der Waals surface area contributed by atoms with E-state index < -0.39 is 0 Å². The molecule has 0 spiro atoms. The number of nitrogens with zero attached hydrogens (tertiary/aromatic N) is 1. The molecule has 0 bridgehead atoms. The predicted molar refractivity (Wildman–Crippen MR) is 90.1 cm³/mol. The minimum Gasteiger partial charge on any atom is -0.329 e. The van der Waals surface area contributed by atoms with Crippen molar-refractivity contribution < 1.29 is 0 Å². The lowest BCUT2D eigenvalue weighted by atomic mass is 9.75. The van der Waals surface area contributed by atoms with Gasteiger partial charge in [-0.25, -0.2) is 0 Å². The molecule has 2 rings (SSSR count). The van der Waals surface area contributed by atoms with Crippen LogP contribution in [0.15, 0.2) is 22.7 Å². The van der Waals surface area contributed by atoms with Crippen LogP contribution in [0.2, 0.25) is 0 Å². The molecule has 0 amide bonds. The van der Waals surface area contributed by atoms with E-state index in [4.69, 9.17) is 5.73 Å². The number of halogens is 1. The molecule has 0 aromatic heterocycles. The average Bonchev–Trinajstić information content (AvgIpc) is 2.46. The highest BCUT2D eigenvalue weighted by molar-refractivity contribution is 9.10. The third kappa shape index (κ3) is 2.81. The highest BCUT2D eigenvalue weighted by Gasteiger charge is 2.42. The quantitative estimate of drug-likeness (QED) is 0.905. The second-order valence-electron chi connectivity index (χ2n) is 6.74. The maximum absolute atomic E-state index is 6.23. The maximum atomic E-state index is 6.23. The third-order valence-electron chi connectivity index (χ3n) is 5.41. The van der Waals surface area contributed by atoms with Crippen LogP contribution in [0.1, 0.15) is 44.7 Å². The lowest BCUT2D eigenvalue weighted by molar-refractivity contribution is 0.0140. The number of rotatable bonds is 4. The fourth-order valence-corrected chi connectivity index (χ4v) is 3.70. The smallest absolute Gasteiger partial charge is 0.0377 e. The topological polar surface area (TPSA) is 29.3 Å². The third-order valence-corrected chi connectivity index (χ3v) is 5.91. The zero-order valence-corrected chi connectivity index (χ0v) is 14.8. The van der Waals surface area contributed by atoms with Crippen molar-refractivity contribution in [3.8, 4) is 0 Å². The van der Waals surface area contributed by atoms with Gasteiger partial charge in [0.25, 0.3) is 0 Å². The van der Waals surface area contributed by atoms with Crippen molar-refractivity contribution >= 4 is 15.9 Å². The van der Waals surface area contributed by atoms with Crippen LogP contribution in [0.4, 0.5) is 0 Å². The molecule has 0 saturated carbocycles.